The van der Waals surface area contributed by atoms with Crippen LogP contribution in [-0.2, 0) is 16.4 Å². The molecular formula is C14H19ClN4O3S2. The van der Waals surface area contributed by atoms with E-state index in [1.54, 1.807) is 12.1 Å². The molecule has 0 unspecified atom stereocenters. The lowest BCUT2D eigenvalue weighted by Gasteiger charge is -2.35. The standard InChI is InChI=1S/C14H19ClN4O3S2/c1-3-12-16-14(22-17-12)10(2)18-6-8-19(9-7-18)24(20,21)13-5-4-11(15)23-13/h4-5,10H,3,6-9H2,1-2H3/t10-/m0/s1. The lowest BCUT2D eigenvalue weighted by molar-refractivity contribution is 0.124. The van der Waals surface area contributed by atoms with Gasteiger partial charge in [0, 0.05) is 32.6 Å². The second-order valence-corrected chi connectivity index (χ2v) is 9.46. The highest BCUT2D eigenvalue weighted by Gasteiger charge is 2.32. The molecule has 2 aromatic heterocycles. The van der Waals surface area contributed by atoms with Crippen LogP contribution in [0.4, 0.5) is 0 Å². The van der Waals surface area contributed by atoms with Crippen molar-refractivity contribution in [3.05, 3.63) is 28.2 Å². The SMILES string of the molecule is CCc1noc([C@H](C)N2CCN(S(=O)(=O)c3ccc(Cl)s3)CC2)n1. The fraction of sp³-hybridized carbons (Fsp3) is 0.571. The van der Waals surface area contributed by atoms with Crippen LogP contribution in [0.2, 0.25) is 4.34 Å². The Morgan fingerprint density at radius 3 is 2.58 bits per heavy atom. The molecule has 1 saturated heterocycles. The molecule has 132 valence electrons. The Kier molecular flexibility index (Phi) is 5.26. The lowest BCUT2D eigenvalue weighted by atomic mass is 10.2. The first-order chi connectivity index (χ1) is 11.4. The normalized spacial score (nSPS) is 18.8. The van der Waals surface area contributed by atoms with Crippen LogP contribution in [0.15, 0.2) is 20.9 Å². The van der Waals surface area contributed by atoms with E-state index >= 15 is 0 Å². The second-order valence-electron chi connectivity index (χ2n) is 5.58. The van der Waals surface area contributed by atoms with Gasteiger partial charge in [-0.3, -0.25) is 4.90 Å². The zero-order valence-corrected chi connectivity index (χ0v) is 15.9. The minimum atomic E-state index is -3.47. The van der Waals surface area contributed by atoms with Gasteiger partial charge in [-0.2, -0.15) is 9.29 Å². The average molecular weight is 391 g/mol. The smallest absolute Gasteiger partial charge is 0.252 e. The second kappa shape index (κ2) is 7.09. The number of aromatic nitrogens is 2. The minimum absolute atomic E-state index is 0.0289. The highest BCUT2D eigenvalue weighted by molar-refractivity contribution is 7.91. The first-order valence-electron chi connectivity index (χ1n) is 7.74. The molecule has 0 radical (unpaired) electrons. The maximum atomic E-state index is 12.6. The molecule has 0 aliphatic carbocycles. The van der Waals surface area contributed by atoms with E-state index in [0.717, 1.165) is 17.8 Å². The van der Waals surface area contributed by atoms with Gasteiger partial charge in [0.25, 0.3) is 10.0 Å². The topological polar surface area (TPSA) is 79.5 Å². The van der Waals surface area contributed by atoms with Gasteiger partial charge >= 0.3 is 0 Å². The van der Waals surface area contributed by atoms with Gasteiger partial charge in [0.1, 0.15) is 4.21 Å². The molecule has 0 spiro atoms. The zero-order valence-electron chi connectivity index (χ0n) is 13.5. The summed E-state index contributed by atoms with van der Waals surface area (Å²) in [6.07, 6.45) is 0.728. The number of hydrogen-bond acceptors (Lipinski definition) is 7. The maximum absolute atomic E-state index is 12.6. The van der Waals surface area contributed by atoms with Crippen LogP contribution in [0.5, 0.6) is 0 Å². The van der Waals surface area contributed by atoms with Crippen molar-refractivity contribution in [1.82, 2.24) is 19.3 Å². The third-order valence-electron chi connectivity index (χ3n) is 4.12. The molecule has 1 fully saturated rings. The fourth-order valence-corrected chi connectivity index (χ4v) is 5.69. The van der Waals surface area contributed by atoms with E-state index in [1.807, 2.05) is 13.8 Å². The highest BCUT2D eigenvalue weighted by atomic mass is 35.5. The third kappa shape index (κ3) is 3.50. The molecule has 0 amide bonds. The zero-order chi connectivity index (χ0) is 17.3. The number of hydrogen-bond donors (Lipinski definition) is 0. The predicted octanol–water partition coefficient (Wildman–Crippen LogP) is 2.41. The Balaban J connectivity index is 1.65. The van der Waals surface area contributed by atoms with Crippen LogP contribution in [0.1, 0.15) is 31.6 Å². The minimum Gasteiger partial charge on any atom is -0.338 e. The van der Waals surface area contributed by atoms with E-state index in [2.05, 4.69) is 15.0 Å². The van der Waals surface area contributed by atoms with Crippen LogP contribution in [-0.4, -0.2) is 53.9 Å². The van der Waals surface area contributed by atoms with Crippen LogP contribution >= 0.6 is 22.9 Å². The molecule has 3 heterocycles. The summed E-state index contributed by atoms with van der Waals surface area (Å²) in [4.78, 5) is 6.51. The van der Waals surface area contributed by atoms with Crippen molar-refractivity contribution >= 4 is 33.0 Å². The highest BCUT2D eigenvalue weighted by Crippen LogP contribution is 2.29. The number of thiophene rings is 1. The first-order valence-corrected chi connectivity index (χ1v) is 10.4. The van der Waals surface area contributed by atoms with Crippen molar-refractivity contribution in [2.24, 2.45) is 0 Å². The number of nitrogens with zero attached hydrogens (tertiary/aromatic N) is 4. The largest absolute Gasteiger partial charge is 0.338 e. The Labute approximate surface area is 150 Å². The van der Waals surface area contributed by atoms with E-state index < -0.39 is 10.0 Å². The van der Waals surface area contributed by atoms with Crippen molar-refractivity contribution in [3.8, 4) is 0 Å². The van der Waals surface area contributed by atoms with Gasteiger partial charge in [0.2, 0.25) is 5.89 Å². The molecule has 0 saturated carbocycles. The number of aryl methyl sites for hydroxylation is 1. The summed E-state index contributed by atoms with van der Waals surface area (Å²) in [7, 11) is -3.47. The van der Waals surface area contributed by atoms with E-state index in [-0.39, 0.29) is 6.04 Å². The van der Waals surface area contributed by atoms with Crippen molar-refractivity contribution in [1.29, 1.82) is 0 Å². The van der Waals surface area contributed by atoms with Crippen LogP contribution in [0, 0.1) is 0 Å². The summed E-state index contributed by atoms with van der Waals surface area (Å²) in [5, 5.41) is 3.92. The lowest BCUT2D eigenvalue weighted by Crippen LogP contribution is -2.49. The van der Waals surface area contributed by atoms with Gasteiger partial charge in [0.05, 0.1) is 10.4 Å². The molecular weight excluding hydrogens is 372 g/mol. The fourth-order valence-electron chi connectivity index (χ4n) is 2.63. The van der Waals surface area contributed by atoms with Gasteiger partial charge in [-0.1, -0.05) is 23.7 Å². The van der Waals surface area contributed by atoms with Gasteiger partial charge in [-0.05, 0) is 19.1 Å². The van der Waals surface area contributed by atoms with E-state index in [1.165, 1.54) is 4.31 Å². The molecule has 0 N–H and O–H groups in total. The maximum Gasteiger partial charge on any atom is 0.252 e. The molecule has 2 aromatic rings. The number of piperazine rings is 1. The molecule has 0 bridgehead atoms. The van der Waals surface area contributed by atoms with Gasteiger partial charge in [-0.15, -0.1) is 11.3 Å². The van der Waals surface area contributed by atoms with Crippen LogP contribution < -0.4 is 0 Å². The van der Waals surface area contributed by atoms with Gasteiger partial charge in [-0.25, -0.2) is 8.42 Å². The number of halogens is 1. The van der Waals surface area contributed by atoms with Gasteiger partial charge < -0.3 is 4.52 Å². The molecule has 3 rings (SSSR count). The summed E-state index contributed by atoms with van der Waals surface area (Å²) < 4.78 is 32.8. The molecule has 1 aliphatic rings. The monoisotopic (exact) mass is 390 g/mol. The van der Waals surface area contributed by atoms with Crippen LogP contribution in [0.25, 0.3) is 0 Å². The molecule has 0 aromatic carbocycles. The molecule has 7 nitrogen and oxygen atoms in total. The van der Waals surface area contributed by atoms with E-state index in [4.69, 9.17) is 16.1 Å². The number of sulfonamides is 1. The van der Waals surface area contributed by atoms with Gasteiger partial charge in [0.15, 0.2) is 5.82 Å². The first kappa shape index (κ1) is 17.8. The molecule has 1 aliphatic heterocycles. The summed E-state index contributed by atoms with van der Waals surface area (Å²) in [5.41, 5.74) is 0. The van der Waals surface area contributed by atoms with Crippen molar-refractivity contribution < 1.29 is 12.9 Å². The molecule has 1 atom stereocenters. The summed E-state index contributed by atoms with van der Waals surface area (Å²) in [6.45, 7) is 6.05. The Morgan fingerprint density at radius 1 is 1.33 bits per heavy atom. The number of rotatable bonds is 5. The molecule has 10 heteroatoms. The Bertz CT molecular complexity index is 797. The predicted molar refractivity (Wildman–Crippen MR) is 91.8 cm³/mol. The Hall–Kier alpha value is -1.00. The molecule has 24 heavy (non-hydrogen) atoms. The van der Waals surface area contributed by atoms with E-state index in [0.29, 0.717) is 46.4 Å². The third-order valence-corrected chi connectivity index (χ3v) is 7.72. The van der Waals surface area contributed by atoms with Crippen LogP contribution in [0.3, 0.4) is 0 Å². The van der Waals surface area contributed by atoms with E-state index in [9.17, 15) is 8.42 Å². The van der Waals surface area contributed by atoms with Crippen molar-refractivity contribution in [2.75, 3.05) is 26.2 Å². The summed E-state index contributed by atoms with van der Waals surface area (Å²) >= 11 is 6.94. The summed E-state index contributed by atoms with van der Waals surface area (Å²) in [5.74, 6) is 1.26. The van der Waals surface area contributed by atoms with Crippen molar-refractivity contribution in [3.63, 3.8) is 0 Å². The van der Waals surface area contributed by atoms with Crippen molar-refractivity contribution in [2.45, 2.75) is 30.5 Å². The Morgan fingerprint density at radius 2 is 2.04 bits per heavy atom. The summed E-state index contributed by atoms with van der Waals surface area (Å²) in [6, 6.07) is 3.14. The average Bonchev–Trinajstić information content (AvgIpc) is 3.23. The quantitative estimate of drug-likeness (QED) is 0.780.